The van der Waals surface area contributed by atoms with Crippen LogP contribution in [0.25, 0.3) is 6.08 Å². The standard InChI is InChI=1S/C24H17Cl2NO4S/c1-30-20-12-16(11-19(26)22(20)31-14-15-7-9-17(25)10-8-15)13-21-23(28)27(24(29)32-21)18-5-3-2-4-6-18/h2-13H,14H2,1H3/b21-13-. The molecule has 32 heavy (non-hydrogen) atoms. The molecule has 4 rings (SSSR count). The Kier molecular flexibility index (Phi) is 6.74. The maximum atomic E-state index is 12.8. The van der Waals surface area contributed by atoms with Crippen LogP contribution in [0.2, 0.25) is 10.0 Å². The van der Waals surface area contributed by atoms with Crippen molar-refractivity contribution in [2.24, 2.45) is 0 Å². The molecule has 5 nitrogen and oxygen atoms in total. The predicted molar refractivity (Wildman–Crippen MR) is 129 cm³/mol. The molecule has 3 aromatic carbocycles. The minimum atomic E-state index is -0.385. The van der Waals surface area contributed by atoms with Gasteiger partial charge >= 0.3 is 0 Å². The first-order chi connectivity index (χ1) is 15.5. The third kappa shape index (κ3) is 4.78. The fraction of sp³-hybridized carbons (Fsp3) is 0.0833. The molecule has 0 bridgehead atoms. The molecule has 0 unspecified atom stereocenters. The maximum Gasteiger partial charge on any atom is 0.298 e. The Morgan fingerprint density at radius 2 is 1.72 bits per heavy atom. The van der Waals surface area contributed by atoms with Gasteiger partial charge in [-0.15, -0.1) is 0 Å². The van der Waals surface area contributed by atoms with Crippen molar-refractivity contribution in [1.82, 2.24) is 0 Å². The van der Waals surface area contributed by atoms with E-state index in [1.165, 1.54) is 7.11 Å². The molecule has 0 atom stereocenters. The zero-order valence-electron chi connectivity index (χ0n) is 16.9. The summed E-state index contributed by atoms with van der Waals surface area (Å²) < 4.78 is 11.3. The van der Waals surface area contributed by atoms with Gasteiger partial charge in [-0.3, -0.25) is 9.59 Å². The van der Waals surface area contributed by atoms with Crippen LogP contribution in [0.5, 0.6) is 11.5 Å². The van der Waals surface area contributed by atoms with Crippen molar-refractivity contribution >= 4 is 57.9 Å². The first kappa shape index (κ1) is 22.3. The Hall–Kier alpha value is -2.93. The van der Waals surface area contributed by atoms with E-state index in [1.54, 1.807) is 54.6 Å². The average molecular weight is 486 g/mol. The summed E-state index contributed by atoms with van der Waals surface area (Å²) in [5.41, 5.74) is 2.07. The zero-order chi connectivity index (χ0) is 22.7. The molecule has 0 aromatic heterocycles. The van der Waals surface area contributed by atoms with E-state index in [4.69, 9.17) is 32.7 Å². The van der Waals surface area contributed by atoms with Crippen molar-refractivity contribution < 1.29 is 19.1 Å². The molecule has 162 valence electrons. The summed E-state index contributed by atoms with van der Waals surface area (Å²) in [7, 11) is 1.51. The molecule has 0 radical (unpaired) electrons. The van der Waals surface area contributed by atoms with Gasteiger partial charge in [0.2, 0.25) is 0 Å². The lowest BCUT2D eigenvalue weighted by molar-refractivity contribution is -0.113. The highest BCUT2D eigenvalue weighted by atomic mass is 35.5. The number of carbonyl (C=O) groups excluding carboxylic acids is 2. The molecule has 0 aliphatic carbocycles. The summed E-state index contributed by atoms with van der Waals surface area (Å²) in [5, 5.41) is 0.616. The highest BCUT2D eigenvalue weighted by Gasteiger charge is 2.36. The number of thioether (sulfide) groups is 1. The van der Waals surface area contributed by atoms with Crippen LogP contribution in [-0.4, -0.2) is 18.3 Å². The zero-order valence-corrected chi connectivity index (χ0v) is 19.2. The molecule has 3 aromatic rings. The number of rotatable bonds is 6. The normalized spacial score (nSPS) is 14.8. The average Bonchev–Trinajstić information content (AvgIpc) is 3.07. The largest absolute Gasteiger partial charge is 0.493 e. The van der Waals surface area contributed by atoms with Gasteiger partial charge in [0, 0.05) is 5.02 Å². The smallest absolute Gasteiger partial charge is 0.298 e. The molecule has 0 N–H and O–H groups in total. The minimum absolute atomic E-state index is 0.280. The Bertz CT molecular complexity index is 1200. The number of carbonyl (C=O) groups is 2. The van der Waals surface area contributed by atoms with Crippen LogP contribution < -0.4 is 14.4 Å². The lowest BCUT2D eigenvalue weighted by atomic mass is 10.1. The second kappa shape index (κ2) is 9.69. The SMILES string of the molecule is COc1cc(/C=C2\SC(=O)N(c3ccccc3)C2=O)cc(Cl)c1OCc1ccc(Cl)cc1. The number of benzene rings is 3. The van der Waals surface area contributed by atoms with E-state index in [9.17, 15) is 9.59 Å². The van der Waals surface area contributed by atoms with Crippen molar-refractivity contribution in [1.29, 1.82) is 0 Å². The second-order valence-electron chi connectivity index (χ2n) is 6.80. The van der Waals surface area contributed by atoms with Crippen LogP contribution in [0.15, 0.2) is 71.6 Å². The summed E-state index contributed by atoms with van der Waals surface area (Å²) in [5.74, 6) is 0.419. The summed E-state index contributed by atoms with van der Waals surface area (Å²) in [6.07, 6.45) is 1.62. The van der Waals surface area contributed by atoms with Crippen molar-refractivity contribution in [2.75, 3.05) is 12.0 Å². The molecule has 8 heteroatoms. The molecular weight excluding hydrogens is 469 g/mol. The summed E-state index contributed by atoms with van der Waals surface area (Å²) >= 11 is 13.2. The van der Waals surface area contributed by atoms with E-state index in [1.807, 2.05) is 18.2 Å². The lowest BCUT2D eigenvalue weighted by Gasteiger charge is -2.14. The Balaban J connectivity index is 1.57. The summed E-state index contributed by atoms with van der Waals surface area (Å²) in [4.78, 5) is 26.7. The number of halogens is 2. The second-order valence-corrected chi connectivity index (χ2v) is 8.64. The van der Waals surface area contributed by atoms with Crippen LogP contribution in [0.1, 0.15) is 11.1 Å². The maximum absolute atomic E-state index is 12.8. The summed E-state index contributed by atoms with van der Waals surface area (Å²) in [6, 6.07) is 19.5. The Morgan fingerprint density at radius 3 is 2.41 bits per heavy atom. The third-order valence-electron chi connectivity index (χ3n) is 4.65. The number of hydrogen-bond donors (Lipinski definition) is 0. The topological polar surface area (TPSA) is 55.8 Å². The van der Waals surface area contributed by atoms with E-state index in [0.29, 0.717) is 37.7 Å². The van der Waals surface area contributed by atoms with Crippen molar-refractivity contribution in [3.63, 3.8) is 0 Å². The first-order valence-corrected chi connectivity index (χ1v) is 11.1. The van der Waals surface area contributed by atoms with Gasteiger partial charge in [0.15, 0.2) is 11.5 Å². The van der Waals surface area contributed by atoms with Crippen LogP contribution in [0, 0.1) is 0 Å². The van der Waals surface area contributed by atoms with E-state index >= 15 is 0 Å². The minimum Gasteiger partial charge on any atom is -0.493 e. The Morgan fingerprint density at radius 1 is 1.00 bits per heavy atom. The number of nitrogens with zero attached hydrogens (tertiary/aromatic N) is 1. The molecule has 1 aliphatic rings. The number of para-hydroxylation sites is 1. The van der Waals surface area contributed by atoms with Gasteiger partial charge in [-0.05, 0) is 65.4 Å². The fourth-order valence-electron chi connectivity index (χ4n) is 3.12. The number of anilines is 1. The highest BCUT2D eigenvalue weighted by Crippen LogP contribution is 2.40. The van der Waals surface area contributed by atoms with Gasteiger partial charge in [-0.2, -0.15) is 0 Å². The highest BCUT2D eigenvalue weighted by molar-refractivity contribution is 8.19. The van der Waals surface area contributed by atoms with Crippen molar-refractivity contribution in [3.05, 3.63) is 92.8 Å². The number of ether oxygens (including phenoxy) is 2. The van der Waals surface area contributed by atoms with Gasteiger partial charge in [-0.25, -0.2) is 4.90 Å². The molecule has 0 spiro atoms. The van der Waals surface area contributed by atoms with Gasteiger partial charge < -0.3 is 9.47 Å². The van der Waals surface area contributed by atoms with Gasteiger partial charge in [0.05, 0.1) is 22.7 Å². The van der Waals surface area contributed by atoms with Gasteiger partial charge in [0.1, 0.15) is 6.61 Å². The molecule has 1 fully saturated rings. The molecule has 1 aliphatic heterocycles. The van der Waals surface area contributed by atoms with Gasteiger partial charge in [0.25, 0.3) is 11.1 Å². The number of amides is 2. The number of hydrogen-bond acceptors (Lipinski definition) is 5. The fourth-order valence-corrected chi connectivity index (χ4v) is 4.36. The van der Waals surface area contributed by atoms with Crippen LogP contribution in [0.3, 0.4) is 0 Å². The van der Waals surface area contributed by atoms with E-state index in [-0.39, 0.29) is 17.8 Å². The van der Waals surface area contributed by atoms with E-state index in [2.05, 4.69) is 0 Å². The summed E-state index contributed by atoms with van der Waals surface area (Å²) in [6.45, 7) is 0.280. The predicted octanol–water partition coefficient (Wildman–Crippen LogP) is 6.82. The molecule has 1 saturated heterocycles. The molecule has 0 saturated carbocycles. The molecule has 2 amide bonds. The van der Waals surface area contributed by atoms with E-state index < -0.39 is 0 Å². The van der Waals surface area contributed by atoms with Crippen LogP contribution in [-0.2, 0) is 11.4 Å². The monoisotopic (exact) mass is 485 g/mol. The Labute approximate surface area is 199 Å². The molecular formula is C24H17Cl2NO4S. The molecule has 1 heterocycles. The number of methoxy groups -OCH3 is 1. The lowest BCUT2D eigenvalue weighted by Crippen LogP contribution is -2.27. The quantitative estimate of drug-likeness (QED) is 0.358. The van der Waals surface area contributed by atoms with Crippen molar-refractivity contribution in [2.45, 2.75) is 6.61 Å². The van der Waals surface area contributed by atoms with Crippen LogP contribution >= 0.6 is 35.0 Å². The van der Waals surface area contributed by atoms with Crippen molar-refractivity contribution in [3.8, 4) is 11.5 Å². The van der Waals surface area contributed by atoms with E-state index in [0.717, 1.165) is 22.2 Å². The van der Waals surface area contributed by atoms with Gasteiger partial charge in [-0.1, -0.05) is 53.5 Å². The number of imide groups is 1. The van der Waals surface area contributed by atoms with Crippen LogP contribution in [0.4, 0.5) is 10.5 Å². The first-order valence-electron chi connectivity index (χ1n) is 9.54. The third-order valence-corrected chi connectivity index (χ3v) is 6.06.